The lowest BCUT2D eigenvalue weighted by Crippen LogP contribution is -2.21. The Balaban J connectivity index is 2.22. The summed E-state index contributed by atoms with van der Waals surface area (Å²) in [7, 11) is -3.93. The molecule has 0 saturated heterocycles. The molecule has 3 N–H and O–H groups in total. The summed E-state index contributed by atoms with van der Waals surface area (Å²) in [4.78, 5) is 11.6. The van der Waals surface area contributed by atoms with Gasteiger partial charge in [0.15, 0.2) is 0 Å². The number of hydrogen-bond acceptors (Lipinski definition) is 3. The van der Waals surface area contributed by atoms with Crippen LogP contribution in [0.5, 0.6) is 0 Å². The summed E-state index contributed by atoms with van der Waals surface area (Å²) >= 11 is 0. The molecule has 19 heavy (non-hydrogen) atoms. The number of hydrogen-bond donors (Lipinski definition) is 2. The van der Waals surface area contributed by atoms with Crippen LogP contribution in [0, 0.1) is 11.7 Å². The van der Waals surface area contributed by atoms with Gasteiger partial charge in [-0.15, -0.1) is 0 Å². The number of sulfonamides is 1. The van der Waals surface area contributed by atoms with Gasteiger partial charge in [0.1, 0.15) is 5.82 Å². The van der Waals surface area contributed by atoms with Crippen LogP contribution in [0.4, 0.5) is 10.1 Å². The standard InChI is InChI=1S/C12H13FN2O3S/c13-10-6-5-9(19(14,17)18)7-11(10)15-12(16)8-3-1-2-4-8/h1-2,5-8H,3-4H2,(H,15,16)(H2,14,17,18). The number of amides is 1. The second-order valence-electron chi connectivity index (χ2n) is 4.32. The third-order valence-electron chi connectivity index (χ3n) is 2.90. The fraction of sp³-hybridized carbons (Fsp3) is 0.250. The average molecular weight is 284 g/mol. The highest BCUT2D eigenvalue weighted by Crippen LogP contribution is 2.23. The van der Waals surface area contributed by atoms with Gasteiger partial charge in [0.05, 0.1) is 10.6 Å². The predicted octanol–water partition coefficient (Wildman–Crippen LogP) is 1.38. The van der Waals surface area contributed by atoms with Crippen molar-refractivity contribution in [2.24, 2.45) is 11.1 Å². The van der Waals surface area contributed by atoms with Crippen molar-refractivity contribution >= 4 is 21.6 Å². The summed E-state index contributed by atoms with van der Waals surface area (Å²) in [6.45, 7) is 0. The van der Waals surface area contributed by atoms with Gasteiger partial charge in [-0.1, -0.05) is 12.2 Å². The summed E-state index contributed by atoms with van der Waals surface area (Å²) in [5.74, 6) is -1.28. The van der Waals surface area contributed by atoms with Gasteiger partial charge < -0.3 is 5.32 Å². The second kappa shape index (κ2) is 5.10. The molecule has 1 aromatic rings. The van der Waals surface area contributed by atoms with E-state index in [1.807, 2.05) is 12.2 Å². The van der Waals surface area contributed by atoms with Crippen LogP contribution < -0.4 is 10.5 Å². The van der Waals surface area contributed by atoms with Crippen LogP contribution in [-0.2, 0) is 14.8 Å². The lowest BCUT2D eigenvalue weighted by atomic mass is 10.1. The third kappa shape index (κ3) is 3.18. The van der Waals surface area contributed by atoms with Gasteiger partial charge >= 0.3 is 0 Å². The van der Waals surface area contributed by atoms with Crippen molar-refractivity contribution in [1.82, 2.24) is 0 Å². The molecule has 1 amide bonds. The SMILES string of the molecule is NS(=O)(=O)c1ccc(F)c(NC(=O)C2CC=CC2)c1. The zero-order valence-corrected chi connectivity index (χ0v) is 10.8. The van der Waals surface area contributed by atoms with Crippen LogP contribution >= 0.6 is 0 Å². The van der Waals surface area contributed by atoms with Crippen molar-refractivity contribution in [1.29, 1.82) is 0 Å². The quantitative estimate of drug-likeness (QED) is 0.822. The molecule has 102 valence electrons. The second-order valence-corrected chi connectivity index (χ2v) is 5.88. The van der Waals surface area contributed by atoms with E-state index in [1.54, 1.807) is 0 Å². The first kappa shape index (κ1) is 13.7. The van der Waals surface area contributed by atoms with E-state index in [-0.39, 0.29) is 22.4 Å². The first-order chi connectivity index (χ1) is 8.88. The minimum absolute atomic E-state index is 0.177. The molecular weight excluding hydrogens is 271 g/mol. The summed E-state index contributed by atoms with van der Waals surface area (Å²) < 4.78 is 35.9. The Morgan fingerprint density at radius 1 is 1.32 bits per heavy atom. The molecule has 7 heteroatoms. The van der Waals surface area contributed by atoms with Crippen LogP contribution in [0.2, 0.25) is 0 Å². The van der Waals surface area contributed by atoms with Crippen LogP contribution in [0.15, 0.2) is 35.2 Å². The molecule has 1 aliphatic rings. The van der Waals surface area contributed by atoms with Gasteiger partial charge in [-0.3, -0.25) is 4.79 Å². The van der Waals surface area contributed by atoms with Gasteiger partial charge in [0.25, 0.3) is 0 Å². The van der Waals surface area contributed by atoms with E-state index >= 15 is 0 Å². The van der Waals surface area contributed by atoms with Crippen molar-refractivity contribution < 1.29 is 17.6 Å². The first-order valence-corrected chi connectivity index (χ1v) is 7.21. The number of carbonyl (C=O) groups is 1. The lowest BCUT2D eigenvalue weighted by Gasteiger charge is -2.11. The van der Waals surface area contributed by atoms with Crippen LogP contribution in [0.3, 0.4) is 0 Å². The van der Waals surface area contributed by atoms with Crippen LogP contribution in [-0.4, -0.2) is 14.3 Å². The molecule has 1 aliphatic carbocycles. The molecule has 0 aliphatic heterocycles. The number of anilines is 1. The number of allylic oxidation sites excluding steroid dienone is 2. The van der Waals surface area contributed by atoms with Gasteiger partial charge in [-0.2, -0.15) is 0 Å². The Morgan fingerprint density at radius 2 is 1.95 bits per heavy atom. The van der Waals surface area contributed by atoms with Gasteiger partial charge in [-0.05, 0) is 31.0 Å². The maximum absolute atomic E-state index is 13.5. The molecule has 0 fully saturated rings. The van der Waals surface area contributed by atoms with E-state index in [2.05, 4.69) is 5.32 Å². The Bertz CT molecular complexity index is 632. The number of nitrogens with two attached hydrogens (primary N) is 1. The number of carbonyl (C=O) groups excluding carboxylic acids is 1. The molecule has 2 rings (SSSR count). The number of rotatable bonds is 3. The molecule has 0 radical (unpaired) electrons. The smallest absolute Gasteiger partial charge is 0.238 e. The van der Waals surface area contributed by atoms with E-state index in [0.29, 0.717) is 12.8 Å². The third-order valence-corrected chi connectivity index (χ3v) is 3.81. The molecule has 0 bridgehead atoms. The van der Waals surface area contributed by atoms with Crippen LogP contribution in [0.1, 0.15) is 12.8 Å². The number of halogens is 1. The average Bonchev–Trinajstić information content (AvgIpc) is 2.84. The molecule has 0 atom stereocenters. The predicted molar refractivity (Wildman–Crippen MR) is 68.3 cm³/mol. The normalized spacial score (nSPS) is 15.7. The maximum atomic E-state index is 13.5. The number of benzene rings is 1. The number of primary sulfonamides is 1. The molecule has 0 heterocycles. The Kier molecular flexibility index (Phi) is 3.68. The molecule has 0 saturated carbocycles. The fourth-order valence-corrected chi connectivity index (χ4v) is 2.38. The summed E-state index contributed by atoms with van der Waals surface area (Å²) in [5.41, 5.74) is -0.177. The zero-order valence-electron chi connectivity index (χ0n) is 9.97. The zero-order chi connectivity index (χ0) is 14.0. The largest absolute Gasteiger partial charge is 0.323 e. The molecule has 0 unspecified atom stereocenters. The van der Waals surface area contributed by atoms with E-state index in [4.69, 9.17) is 5.14 Å². The van der Waals surface area contributed by atoms with Crippen molar-refractivity contribution in [3.63, 3.8) is 0 Å². The summed E-state index contributed by atoms with van der Waals surface area (Å²) in [5, 5.41) is 7.35. The Hall–Kier alpha value is -1.73. The number of nitrogens with one attached hydrogen (secondary N) is 1. The van der Waals surface area contributed by atoms with Gasteiger partial charge in [-0.25, -0.2) is 17.9 Å². The molecule has 1 aromatic carbocycles. The Labute approximate surface area is 110 Å². The molecule has 0 spiro atoms. The minimum Gasteiger partial charge on any atom is -0.323 e. The maximum Gasteiger partial charge on any atom is 0.238 e. The highest BCUT2D eigenvalue weighted by atomic mass is 32.2. The molecular formula is C12H13FN2O3S. The fourth-order valence-electron chi connectivity index (χ4n) is 1.84. The van der Waals surface area contributed by atoms with E-state index < -0.39 is 15.8 Å². The van der Waals surface area contributed by atoms with Crippen molar-refractivity contribution in [2.45, 2.75) is 17.7 Å². The minimum atomic E-state index is -3.93. The van der Waals surface area contributed by atoms with Gasteiger partial charge in [0, 0.05) is 5.92 Å². The highest BCUT2D eigenvalue weighted by molar-refractivity contribution is 7.89. The van der Waals surface area contributed by atoms with Crippen molar-refractivity contribution in [3.05, 3.63) is 36.2 Å². The van der Waals surface area contributed by atoms with E-state index in [0.717, 1.165) is 18.2 Å². The van der Waals surface area contributed by atoms with E-state index in [1.165, 1.54) is 0 Å². The monoisotopic (exact) mass is 284 g/mol. The summed E-state index contributed by atoms with van der Waals surface area (Å²) in [6, 6.07) is 3.03. The van der Waals surface area contributed by atoms with E-state index in [9.17, 15) is 17.6 Å². The topological polar surface area (TPSA) is 89.3 Å². The lowest BCUT2D eigenvalue weighted by molar-refractivity contribution is -0.119. The van der Waals surface area contributed by atoms with Crippen molar-refractivity contribution in [2.75, 3.05) is 5.32 Å². The highest BCUT2D eigenvalue weighted by Gasteiger charge is 2.21. The van der Waals surface area contributed by atoms with Crippen molar-refractivity contribution in [3.8, 4) is 0 Å². The van der Waals surface area contributed by atoms with Crippen LogP contribution in [0.25, 0.3) is 0 Å². The molecule has 0 aromatic heterocycles. The first-order valence-electron chi connectivity index (χ1n) is 5.66. The Morgan fingerprint density at radius 3 is 2.53 bits per heavy atom. The summed E-state index contributed by atoms with van der Waals surface area (Å²) in [6.07, 6.45) is 4.95. The molecule has 5 nitrogen and oxygen atoms in total. The van der Waals surface area contributed by atoms with Gasteiger partial charge in [0.2, 0.25) is 15.9 Å².